The molecule has 0 bridgehead atoms. The van der Waals surface area contributed by atoms with E-state index < -0.39 is 28.8 Å². The second kappa shape index (κ2) is 4.37. The van der Waals surface area contributed by atoms with Gasteiger partial charge < -0.3 is 5.11 Å². The van der Waals surface area contributed by atoms with Crippen LogP contribution >= 0.6 is 15.9 Å². The second-order valence-electron chi connectivity index (χ2n) is 3.33. The van der Waals surface area contributed by atoms with Crippen molar-refractivity contribution in [1.29, 1.82) is 0 Å². The highest BCUT2D eigenvalue weighted by atomic mass is 79.9. The fraction of sp³-hybridized carbons (Fsp3) is 0. The summed E-state index contributed by atoms with van der Waals surface area (Å²) < 4.78 is 27.1. The van der Waals surface area contributed by atoms with E-state index in [1.807, 2.05) is 0 Å². The molecule has 2 rings (SSSR count). The summed E-state index contributed by atoms with van der Waals surface area (Å²) in [6, 6.07) is 3.45. The summed E-state index contributed by atoms with van der Waals surface area (Å²) in [6.07, 6.45) is 0. The molecule has 1 aromatic carbocycles. The predicted molar refractivity (Wildman–Crippen MR) is 61.9 cm³/mol. The van der Waals surface area contributed by atoms with Gasteiger partial charge in [-0.2, -0.15) is 4.39 Å². The maximum Gasteiger partial charge on any atom is 0.335 e. The third-order valence-corrected chi connectivity index (χ3v) is 2.84. The number of aromatic hydroxyl groups is 1. The van der Waals surface area contributed by atoms with Crippen molar-refractivity contribution < 1.29 is 13.9 Å². The van der Waals surface area contributed by atoms with Crippen LogP contribution in [-0.4, -0.2) is 14.7 Å². The van der Waals surface area contributed by atoms with Crippen LogP contribution in [0.15, 0.2) is 32.3 Å². The van der Waals surface area contributed by atoms with Crippen molar-refractivity contribution in [2.75, 3.05) is 0 Å². The first-order valence-electron chi connectivity index (χ1n) is 4.61. The minimum Gasteiger partial charge on any atom is -0.492 e. The summed E-state index contributed by atoms with van der Waals surface area (Å²) in [5.41, 5.74) is -2.53. The van der Waals surface area contributed by atoms with E-state index in [1.54, 1.807) is 4.98 Å². The number of rotatable bonds is 1. The molecule has 0 radical (unpaired) electrons. The monoisotopic (exact) mass is 318 g/mol. The first-order chi connectivity index (χ1) is 8.41. The van der Waals surface area contributed by atoms with Crippen molar-refractivity contribution in [2.24, 2.45) is 0 Å². The van der Waals surface area contributed by atoms with Gasteiger partial charge in [0.05, 0.1) is 10.2 Å². The van der Waals surface area contributed by atoms with Crippen LogP contribution in [0.1, 0.15) is 0 Å². The van der Waals surface area contributed by atoms with Crippen molar-refractivity contribution in [3.05, 3.63) is 55.1 Å². The molecule has 0 fully saturated rings. The topological polar surface area (TPSA) is 75.1 Å². The standard InChI is InChI=1S/C10H5BrF2N2O3/c11-5-2-1-4(3-6(5)12)15-9(17)7(13)8(16)14-10(15)18/h1-3,17H,(H,14,16,18). The van der Waals surface area contributed by atoms with Crippen molar-refractivity contribution >= 4 is 15.9 Å². The summed E-state index contributed by atoms with van der Waals surface area (Å²) in [6.45, 7) is 0. The average molecular weight is 319 g/mol. The average Bonchev–Trinajstić information content (AvgIpc) is 2.31. The van der Waals surface area contributed by atoms with E-state index in [4.69, 9.17) is 0 Å². The third kappa shape index (κ3) is 1.94. The number of halogens is 3. The van der Waals surface area contributed by atoms with Crippen molar-refractivity contribution in [2.45, 2.75) is 0 Å². The predicted octanol–water partition coefficient (Wildman–Crippen LogP) is 1.27. The molecule has 0 saturated heterocycles. The number of H-pyrrole nitrogens is 1. The lowest BCUT2D eigenvalue weighted by atomic mass is 10.3. The van der Waals surface area contributed by atoms with Gasteiger partial charge in [-0.3, -0.25) is 9.78 Å². The van der Waals surface area contributed by atoms with Gasteiger partial charge in [0.2, 0.25) is 11.7 Å². The molecular formula is C10H5BrF2N2O3. The van der Waals surface area contributed by atoms with Crippen LogP contribution in [0.25, 0.3) is 5.69 Å². The molecule has 8 heteroatoms. The van der Waals surface area contributed by atoms with Crippen LogP contribution < -0.4 is 11.2 Å². The summed E-state index contributed by atoms with van der Waals surface area (Å²) in [5, 5.41) is 9.41. The van der Waals surface area contributed by atoms with Crippen molar-refractivity contribution in [3.8, 4) is 11.6 Å². The fourth-order valence-corrected chi connectivity index (χ4v) is 1.61. The Morgan fingerprint density at radius 3 is 2.56 bits per heavy atom. The lowest BCUT2D eigenvalue weighted by molar-refractivity contribution is 0.386. The van der Waals surface area contributed by atoms with Gasteiger partial charge in [0, 0.05) is 0 Å². The molecule has 1 heterocycles. The molecule has 18 heavy (non-hydrogen) atoms. The number of aromatic amines is 1. The minimum atomic E-state index is -1.52. The van der Waals surface area contributed by atoms with E-state index in [1.165, 1.54) is 12.1 Å². The maximum absolute atomic E-state index is 13.3. The number of aromatic nitrogens is 2. The Morgan fingerprint density at radius 2 is 1.94 bits per heavy atom. The van der Waals surface area contributed by atoms with Gasteiger partial charge in [0.1, 0.15) is 5.82 Å². The molecule has 0 aliphatic carbocycles. The van der Waals surface area contributed by atoms with Crippen molar-refractivity contribution in [1.82, 2.24) is 9.55 Å². The van der Waals surface area contributed by atoms with Gasteiger partial charge in [0.25, 0.3) is 5.56 Å². The quantitative estimate of drug-likeness (QED) is 0.831. The van der Waals surface area contributed by atoms with Crippen LogP contribution in [0.2, 0.25) is 0 Å². The van der Waals surface area contributed by atoms with Gasteiger partial charge in [-0.1, -0.05) is 0 Å². The van der Waals surface area contributed by atoms with E-state index in [2.05, 4.69) is 15.9 Å². The third-order valence-electron chi connectivity index (χ3n) is 2.19. The van der Waals surface area contributed by atoms with Crippen molar-refractivity contribution in [3.63, 3.8) is 0 Å². The van der Waals surface area contributed by atoms with Crippen LogP contribution in [0.3, 0.4) is 0 Å². The highest BCUT2D eigenvalue weighted by Crippen LogP contribution is 2.20. The Kier molecular flexibility index (Phi) is 3.04. The number of nitrogens with one attached hydrogen (secondary N) is 1. The zero-order chi connectivity index (χ0) is 13.4. The normalized spacial score (nSPS) is 10.6. The molecule has 0 saturated carbocycles. The zero-order valence-electron chi connectivity index (χ0n) is 8.58. The number of nitrogens with zero attached hydrogens (tertiary/aromatic N) is 1. The van der Waals surface area contributed by atoms with E-state index in [-0.39, 0.29) is 10.2 Å². The minimum absolute atomic E-state index is 0.117. The molecule has 0 unspecified atom stereocenters. The fourth-order valence-electron chi connectivity index (χ4n) is 1.37. The Balaban J connectivity index is 2.79. The summed E-state index contributed by atoms with van der Waals surface area (Å²) in [4.78, 5) is 24.0. The van der Waals surface area contributed by atoms with E-state index in [9.17, 15) is 23.5 Å². The summed E-state index contributed by atoms with van der Waals surface area (Å²) in [5.74, 6) is -3.39. The van der Waals surface area contributed by atoms with Gasteiger partial charge >= 0.3 is 5.69 Å². The van der Waals surface area contributed by atoms with Crippen LogP contribution in [0.5, 0.6) is 5.88 Å². The molecule has 0 aliphatic heterocycles. The highest BCUT2D eigenvalue weighted by molar-refractivity contribution is 9.10. The smallest absolute Gasteiger partial charge is 0.335 e. The SMILES string of the molecule is O=c1[nH]c(=O)n(-c2ccc(Br)c(F)c2)c(O)c1F. The molecule has 1 aromatic heterocycles. The lowest BCUT2D eigenvalue weighted by Gasteiger charge is -2.08. The lowest BCUT2D eigenvalue weighted by Crippen LogP contribution is -2.30. The molecule has 2 N–H and O–H groups in total. The number of hydrogen-bond acceptors (Lipinski definition) is 3. The van der Waals surface area contributed by atoms with Gasteiger partial charge in [-0.05, 0) is 34.1 Å². The second-order valence-corrected chi connectivity index (χ2v) is 4.19. The summed E-state index contributed by atoms with van der Waals surface area (Å²) in [7, 11) is 0. The van der Waals surface area contributed by atoms with Gasteiger partial charge in [0.15, 0.2) is 0 Å². The Hall–Kier alpha value is -1.96. The molecule has 94 valence electrons. The molecular weight excluding hydrogens is 314 g/mol. The molecule has 2 aromatic rings. The highest BCUT2D eigenvalue weighted by Gasteiger charge is 2.15. The Morgan fingerprint density at radius 1 is 1.28 bits per heavy atom. The largest absolute Gasteiger partial charge is 0.492 e. The van der Waals surface area contributed by atoms with E-state index >= 15 is 0 Å². The molecule has 0 atom stereocenters. The Bertz CT molecular complexity index is 739. The first kappa shape index (κ1) is 12.5. The Labute approximate surface area is 106 Å². The van der Waals surface area contributed by atoms with Gasteiger partial charge in [-0.15, -0.1) is 0 Å². The van der Waals surface area contributed by atoms with E-state index in [0.29, 0.717) is 4.57 Å². The first-order valence-corrected chi connectivity index (χ1v) is 5.40. The molecule has 0 amide bonds. The molecule has 0 aliphatic rings. The van der Waals surface area contributed by atoms with Crippen LogP contribution in [0.4, 0.5) is 8.78 Å². The zero-order valence-corrected chi connectivity index (χ0v) is 10.2. The molecule has 5 nitrogen and oxygen atoms in total. The summed E-state index contributed by atoms with van der Waals surface area (Å²) >= 11 is 2.91. The van der Waals surface area contributed by atoms with Crippen LogP contribution in [0, 0.1) is 11.6 Å². The van der Waals surface area contributed by atoms with Crippen LogP contribution in [-0.2, 0) is 0 Å². The molecule has 0 spiro atoms. The van der Waals surface area contributed by atoms with Gasteiger partial charge in [-0.25, -0.2) is 13.8 Å². The number of benzene rings is 1. The maximum atomic E-state index is 13.3. The number of hydrogen-bond donors (Lipinski definition) is 2. The van der Waals surface area contributed by atoms with E-state index in [0.717, 1.165) is 6.07 Å².